The van der Waals surface area contributed by atoms with E-state index >= 15 is 0 Å². The predicted molar refractivity (Wildman–Crippen MR) is 116 cm³/mol. The van der Waals surface area contributed by atoms with Gasteiger partial charge in [0.1, 0.15) is 5.01 Å². The van der Waals surface area contributed by atoms with Crippen molar-refractivity contribution in [1.82, 2.24) is 14.9 Å². The van der Waals surface area contributed by atoms with E-state index in [1.165, 1.54) is 15.8 Å². The van der Waals surface area contributed by atoms with E-state index in [0.717, 1.165) is 42.3 Å². The second-order valence-corrected chi connectivity index (χ2v) is 8.28. The summed E-state index contributed by atoms with van der Waals surface area (Å²) in [5.41, 5.74) is 5.10. The Morgan fingerprint density at radius 1 is 1.07 bits per heavy atom. The van der Waals surface area contributed by atoms with Crippen LogP contribution in [-0.4, -0.2) is 27.3 Å². The Balaban J connectivity index is 1.32. The third-order valence-corrected chi connectivity index (χ3v) is 6.25. The quantitative estimate of drug-likeness (QED) is 0.548. The average molecular weight is 401 g/mol. The van der Waals surface area contributed by atoms with Crippen LogP contribution in [0.3, 0.4) is 0 Å². The summed E-state index contributed by atoms with van der Waals surface area (Å²) in [6.07, 6.45) is 4.18. The molecule has 1 aliphatic heterocycles. The molecule has 0 saturated heterocycles. The smallest absolute Gasteiger partial charge is 0.255 e. The normalized spacial score (nSPS) is 13.9. The van der Waals surface area contributed by atoms with Crippen LogP contribution in [0.1, 0.15) is 26.5 Å². The van der Waals surface area contributed by atoms with Crippen molar-refractivity contribution in [2.75, 3.05) is 11.9 Å². The van der Waals surface area contributed by atoms with Crippen molar-refractivity contribution in [3.05, 3.63) is 88.7 Å². The van der Waals surface area contributed by atoms with E-state index in [2.05, 4.69) is 39.5 Å². The minimum Gasteiger partial charge on any atom is -0.322 e. The van der Waals surface area contributed by atoms with Crippen molar-refractivity contribution in [2.45, 2.75) is 19.5 Å². The van der Waals surface area contributed by atoms with E-state index in [1.807, 2.05) is 18.2 Å². The molecule has 0 bridgehead atoms. The number of benzene rings is 2. The summed E-state index contributed by atoms with van der Waals surface area (Å²) in [4.78, 5) is 23.7. The van der Waals surface area contributed by atoms with E-state index in [9.17, 15) is 4.79 Å². The number of para-hydroxylation sites is 1. The summed E-state index contributed by atoms with van der Waals surface area (Å²) in [6.45, 7) is 2.67. The predicted octanol–water partition coefficient (Wildman–Crippen LogP) is 4.50. The summed E-state index contributed by atoms with van der Waals surface area (Å²) in [7, 11) is 0. The SMILES string of the molecule is O=C(Nc1cccc2c1CCN(Cc1nc3ccccc3s1)C2)c1ccncc1. The van der Waals surface area contributed by atoms with Gasteiger partial charge < -0.3 is 5.32 Å². The monoisotopic (exact) mass is 400 g/mol. The van der Waals surface area contributed by atoms with Crippen LogP contribution in [0.4, 0.5) is 5.69 Å². The molecular weight excluding hydrogens is 380 g/mol. The van der Waals surface area contributed by atoms with E-state index in [-0.39, 0.29) is 5.91 Å². The second-order valence-electron chi connectivity index (χ2n) is 7.17. The molecule has 0 unspecified atom stereocenters. The molecule has 0 spiro atoms. The Labute approximate surface area is 173 Å². The Morgan fingerprint density at radius 2 is 1.93 bits per heavy atom. The number of fused-ring (bicyclic) bond motifs is 2. The standard InChI is InChI=1S/C23H20N4OS/c28-23(16-8-11-24-12-9-16)26-19-6-3-4-17-14-27(13-10-18(17)19)15-22-25-20-5-1-2-7-21(20)29-22/h1-9,11-12H,10,13-15H2,(H,26,28). The lowest BCUT2D eigenvalue weighted by molar-refractivity contribution is 0.102. The van der Waals surface area contributed by atoms with E-state index in [4.69, 9.17) is 4.98 Å². The molecule has 4 aromatic rings. The highest BCUT2D eigenvalue weighted by molar-refractivity contribution is 7.18. The number of carbonyl (C=O) groups is 1. The van der Waals surface area contributed by atoms with E-state index < -0.39 is 0 Å². The molecule has 3 heterocycles. The maximum atomic E-state index is 12.5. The third kappa shape index (κ3) is 3.77. The highest BCUT2D eigenvalue weighted by Gasteiger charge is 2.21. The van der Waals surface area contributed by atoms with Crippen LogP contribution < -0.4 is 5.32 Å². The number of hydrogen-bond donors (Lipinski definition) is 1. The first-order valence-corrected chi connectivity index (χ1v) is 10.5. The fraction of sp³-hybridized carbons (Fsp3) is 0.174. The van der Waals surface area contributed by atoms with Crippen molar-refractivity contribution < 1.29 is 4.79 Å². The molecule has 29 heavy (non-hydrogen) atoms. The molecule has 0 radical (unpaired) electrons. The Kier molecular flexibility index (Phi) is 4.79. The molecule has 1 N–H and O–H groups in total. The van der Waals surface area contributed by atoms with Crippen LogP contribution in [-0.2, 0) is 19.5 Å². The van der Waals surface area contributed by atoms with Crippen LogP contribution in [0.15, 0.2) is 67.0 Å². The van der Waals surface area contributed by atoms with Crippen molar-refractivity contribution in [2.24, 2.45) is 0 Å². The van der Waals surface area contributed by atoms with Gasteiger partial charge in [-0.1, -0.05) is 24.3 Å². The molecule has 6 heteroatoms. The molecular formula is C23H20N4OS. The van der Waals surface area contributed by atoms with Gasteiger partial charge in [0.15, 0.2) is 0 Å². The van der Waals surface area contributed by atoms with Crippen molar-refractivity contribution in [3.8, 4) is 0 Å². The number of thiazole rings is 1. The first-order valence-electron chi connectivity index (χ1n) is 9.65. The fourth-order valence-electron chi connectivity index (χ4n) is 3.80. The summed E-state index contributed by atoms with van der Waals surface area (Å²) in [5, 5.41) is 4.22. The van der Waals surface area contributed by atoms with Gasteiger partial charge in [0, 0.05) is 36.7 Å². The van der Waals surface area contributed by atoms with Gasteiger partial charge in [-0.15, -0.1) is 11.3 Å². The first-order chi connectivity index (χ1) is 14.3. The molecule has 0 atom stereocenters. The molecule has 144 valence electrons. The first kappa shape index (κ1) is 18.0. The number of rotatable bonds is 4. The highest BCUT2D eigenvalue weighted by Crippen LogP contribution is 2.29. The number of nitrogens with zero attached hydrogens (tertiary/aromatic N) is 3. The molecule has 0 saturated carbocycles. The van der Waals surface area contributed by atoms with Gasteiger partial charge >= 0.3 is 0 Å². The lowest BCUT2D eigenvalue weighted by atomic mass is 9.97. The van der Waals surface area contributed by atoms with Crippen LogP contribution >= 0.6 is 11.3 Å². The third-order valence-electron chi connectivity index (χ3n) is 5.23. The van der Waals surface area contributed by atoms with Gasteiger partial charge in [-0.05, 0) is 47.9 Å². The van der Waals surface area contributed by atoms with E-state index in [0.29, 0.717) is 5.56 Å². The number of aromatic nitrogens is 2. The van der Waals surface area contributed by atoms with Gasteiger partial charge in [0.2, 0.25) is 0 Å². The van der Waals surface area contributed by atoms with Gasteiger partial charge in [-0.25, -0.2) is 4.98 Å². The number of hydrogen-bond acceptors (Lipinski definition) is 5. The number of amides is 1. The Hall–Kier alpha value is -3.09. The zero-order valence-electron chi connectivity index (χ0n) is 15.8. The molecule has 1 amide bonds. The van der Waals surface area contributed by atoms with Gasteiger partial charge in [-0.2, -0.15) is 0 Å². The van der Waals surface area contributed by atoms with Crippen LogP contribution in [0.5, 0.6) is 0 Å². The number of anilines is 1. The topological polar surface area (TPSA) is 58.1 Å². The van der Waals surface area contributed by atoms with Crippen LogP contribution in [0.2, 0.25) is 0 Å². The maximum absolute atomic E-state index is 12.5. The Bertz CT molecular complexity index is 1140. The summed E-state index contributed by atoms with van der Waals surface area (Å²) in [6, 6.07) is 17.9. The van der Waals surface area contributed by atoms with Gasteiger partial charge in [-0.3, -0.25) is 14.7 Å². The number of nitrogens with one attached hydrogen (secondary N) is 1. The Morgan fingerprint density at radius 3 is 2.79 bits per heavy atom. The second kappa shape index (κ2) is 7.73. The number of pyridine rings is 1. The van der Waals surface area contributed by atoms with Gasteiger partial charge in [0.05, 0.1) is 16.8 Å². The maximum Gasteiger partial charge on any atom is 0.255 e. The van der Waals surface area contributed by atoms with Crippen molar-refractivity contribution in [3.63, 3.8) is 0 Å². The summed E-state index contributed by atoms with van der Waals surface area (Å²) < 4.78 is 1.24. The van der Waals surface area contributed by atoms with E-state index in [1.54, 1.807) is 35.9 Å². The number of carbonyl (C=O) groups excluding carboxylic acids is 1. The van der Waals surface area contributed by atoms with Crippen molar-refractivity contribution >= 4 is 33.1 Å². The molecule has 2 aromatic carbocycles. The molecule has 2 aromatic heterocycles. The van der Waals surface area contributed by atoms with Gasteiger partial charge in [0.25, 0.3) is 5.91 Å². The van der Waals surface area contributed by atoms with Crippen LogP contribution in [0.25, 0.3) is 10.2 Å². The summed E-state index contributed by atoms with van der Waals surface area (Å²) >= 11 is 1.77. The average Bonchev–Trinajstić information content (AvgIpc) is 3.16. The minimum absolute atomic E-state index is 0.0993. The zero-order chi connectivity index (χ0) is 19.6. The highest BCUT2D eigenvalue weighted by atomic mass is 32.1. The molecule has 1 aliphatic rings. The lowest BCUT2D eigenvalue weighted by Crippen LogP contribution is -2.30. The largest absolute Gasteiger partial charge is 0.322 e. The fourth-order valence-corrected chi connectivity index (χ4v) is 4.81. The van der Waals surface area contributed by atoms with Crippen LogP contribution in [0, 0.1) is 0 Å². The molecule has 0 aliphatic carbocycles. The zero-order valence-corrected chi connectivity index (χ0v) is 16.7. The lowest BCUT2D eigenvalue weighted by Gasteiger charge is -2.29. The molecule has 5 nitrogen and oxygen atoms in total. The summed E-state index contributed by atoms with van der Waals surface area (Å²) in [5.74, 6) is -0.0993. The molecule has 0 fully saturated rings. The van der Waals surface area contributed by atoms with Crippen molar-refractivity contribution in [1.29, 1.82) is 0 Å². The molecule has 5 rings (SSSR count). The minimum atomic E-state index is -0.0993.